The van der Waals surface area contributed by atoms with Crippen LogP contribution in [0.25, 0.3) is 60.5 Å². The molecule has 316 valence electrons. The molecule has 0 aliphatic heterocycles. The maximum Gasteiger partial charge on any atom is 0.0740 e. The van der Waals surface area contributed by atoms with E-state index in [1.807, 2.05) is 0 Å². The number of hydrogen-bond donors (Lipinski definition) is 0. The Labute approximate surface area is 395 Å². The molecule has 3 aliphatic rings. The number of nitrogens with zero attached hydrogens (tertiary/aromatic N) is 2. The quantitative estimate of drug-likeness (QED) is 0.171. The van der Waals surface area contributed by atoms with Gasteiger partial charge in [0.1, 0.15) is 0 Å². The average molecular weight is 863 g/mol. The molecule has 11 aromatic carbocycles. The summed E-state index contributed by atoms with van der Waals surface area (Å²) in [6.07, 6.45) is 0. The third-order valence-corrected chi connectivity index (χ3v) is 15.6. The Balaban J connectivity index is 1.10. The van der Waals surface area contributed by atoms with E-state index in [-0.39, 0.29) is 0 Å². The molecule has 2 nitrogen and oxygen atoms in total. The largest absolute Gasteiger partial charge is 0.310 e. The zero-order chi connectivity index (χ0) is 44.6. The average Bonchev–Trinajstić information content (AvgIpc) is 4.01. The van der Waals surface area contributed by atoms with Gasteiger partial charge in [-0.15, -0.1) is 0 Å². The third kappa shape index (κ3) is 4.71. The molecule has 3 aliphatic carbocycles. The number of para-hydroxylation sites is 2. The number of anilines is 3. The van der Waals surface area contributed by atoms with Gasteiger partial charge in [0.05, 0.1) is 27.6 Å². The topological polar surface area (TPSA) is 8.17 Å². The van der Waals surface area contributed by atoms with E-state index in [1.165, 1.54) is 93.8 Å². The number of aromatic nitrogens is 1. The normalized spacial score (nSPS) is 14.1. The van der Waals surface area contributed by atoms with Gasteiger partial charge < -0.3 is 9.47 Å². The Morgan fingerprint density at radius 1 is 0.294 bits per heavy atom. The lowest BCUT2D eigenvalue weighted by Crippen LogP contribution is -2.44. The second-order valence-electron chi connectivity index (χ2n) is 18.7. The second-order valence-corrected chi connectivity index (χ2v) is 18.7. The highest BCUT2D eigenvalue weighted by atomic mass is 15.1. The molecule has 0 atom stereocenters. The van der Waals surface area contributed by atoms with Gasteiger partial charge in [0.25, 0.3) is 0 Å². The highest BCUT2D eigenvalue weighted by molar-refractivity contribution is 6.11. The van der Waals surface area contributed by atoms with Crippen LogP contribution in [0.1, 0.15) is 44.5 Å². The predicted octanol–water partition coefficient (Wildman–Crippen LogP) is 16.4. The van der Waals surface area contributed by atoms with E-state index in [2.05, 4.69) is 264 Å². The molecular formula is C66H42N2. The van der Waals surface area contributed by atoms with Gasteiger partial charge in [-0.3, -0.25) is 0 Å². The molecule has 15 rings (SSSR count). The summed E-state index contributed by atoms with van der Waals surface area (Å²) in [5, 5.41) is 4.92. The molecular weight excluding hydrogens is 821 g/mol. The summed E-state index contributed by atoms with van der Waals surface area (Å²) in [6.45, 7) is 0. The zero-order valence-electron chi connectivity index (χ0n) is 37.1. The van der Waals surface area contributed by atoms with Crippen molar-refractivity contribution >= 4 is 49.6 Å². The Bertz CT molecular complexity index is 3970. The van der Waals surface area contributed by atoms with E-state index in [4.69, 9.17) is 0 Å². The highest BCUT2D eigenvalue weighted by Crippen LogP contribution is 2.69. The predicted molar refractivity (Wildman–Crippen MR) is 281 cm³/mol. The molecule has 68 heavy (non-hydrogen) atoms. The Morgan fingerprint density at radius 2 is 0.794 bits per heavy atom. The molecule has 0 saturated heterocycles. The molecule has 0 N–H and O–H groups in total. The molecule has 0 unspecified atom stereocenters. The van der Waals surface area contributed by atoms with Crippen molar-refractivity contribution < 1.29 is 0 Å². The highest BCUT2D eigenvalue weighted by Gasteiger charge is 2.60. The van der Waals surface area contributed by atoms with Crippen LogP contribution in [0.15, 0.2) is 255 Å². The van der Waals surface area contributed by atoms with Crippen LogP contribution in [-0.4, -0.2) is 4.57 Å². The summed E-state index contributed by atoms with van der Waals surface area (Å²) in [5.41, 5.74) is 21.3. The van der Waals surface area contributed by atoms with Crippen LogP contribution >= 0.6 is 0 Å². The fourth-order valence-corrected chi connectivity index (χ4v) is 13.2. The van der Waals surface area contributed by atoms with Gasteiger partial charge in [0.2, 0.25) is 0 Å². The molecule has 0 saturated carbocycles. The van der Waals surface area contributed by atoms with E-state index in [0.717, 1.165) is 28.3 Å². The van der Waals surface area contributed by atoms with Crippen molar-refractivity contribution in [3.8, 4) is 27.9 Å². The summed E-state index contributed by atoms with van der Waals surface area (Å²) < 4.78 is 2.47. The fourth-order valence-electron chi connectivity index (χ4n) is 13.2. The summed E-state index contributed by atoms with van der Waals surface area (Å²) in [5.74, 6) is 0. The molecule has 1 aromatic heterocycles. The SMILES string of the molecule is c1ccc(N(c2ccc3c4ccccc4n(-c4ccc5ccccc5c4)c3c2)c2cccc3c2C2(c4ccccc4-c4ccccc42)c2ccccc2C32c3ccccc3-c3ccccc32)cc1. The smallest absolute Gasteiger partial charge is 0.0740 e. The van der Waals surface area contributed by atoms with Gasteiger partial charge in [-0.05, 0) is 121 Å². The summed E-state index contributed by atoms with van der Waals surface area (Å²) in [6, 6.07) is 95.9. The van der Waals surface area contributed by atoms with Crippen molar-refractivity contribution in [1.82, 2.24) is 4.57 Å². The monoisotopic (exact) mass is 862 g/mol. The van der Waals surface area contributed by atoms with Gasteiger partial charge in [0.15, 0.2) is 0 Å². The van der Waals surface area contributed by atoms with Crippen LogP contribution < -0.4 is 4.90 Å². The van der Waals surface area contributed by atoms with Crippen LogP contribution in [0.3, 0.4) is 0 Å². The molecule has 2 spiro atoms. The lowest BCUT2D eigenvalue weighted by atomic mass is 9.52. The zero-order valence-corrected chi connectivity index (χ0v) is 37.1. The Hall–Kier alpha value is -8.72. The van der Waals surface area contributed by atoms with Crippen LogP contribution in [0.4, 0.5) is 17.1 Å². The lowest BCUT2D eigenvalue weighted by molar-refractivity contribution is 0.633. The molecule has 2 heteroatoms. The minimum Gasteiger partial charge on any atom is -0.310 e. The minimum absolute atomic E-state index is 0.596. The van der Waals surface area contributed by atoms with E-state index in [0.29, 0.717) is 0 Å². The first-order valence-corrected chi connectivity index (χ1v) is 23.8. The maximum absolute atomic E-state index is 2.56. The number of fused-ring (bicyclic) bond motifs is 20. The van der Waals surface area contributed by atoms with Crippen molar-refractivity contribution in [3.05, 3.63) is 299 Å². The fraction of sp³-hybridized carbons (Fsp3) is 0.0303. The standard InChI is InChI=1S/C66H42N2/c1-2-21-45(22-3-1)67(47-39-40-53-52-27-10-17-35-61(52)68(63(53)42-47)46-38-37-43-19-4-5-20-44(43)41-46)62-36-18-34-60-64(62)66(56-30-13-8-25-50(56)51-26-9-14-31-57(51)66)59-33-16-15-32-58(59)65(60)54-28-11-6-23-48(54)49-24-7-12-29-55(49)65/h1-42H. The first-order chi connectivity index (χ1) is 33.8. The Kier molecular flexibility index (Phi) is 7.67. The van der Waals surface area contributed by atoms with Crippen LogP contribution in [0.5, 0.6) is 0 Å². The maximum atomic E-state index is 2.56. The first kappa shape index (κ1) is 37.5. The molecule has 1 heterocycles. The lowest BCUT2D eigenvalue weighted by Gasteiger charge is -2.50. The third-order valence-electron chi connectivity index (χ3n) is 15.6. The van der Waals surface area contributed by atoms with Crippen molar-refractivity contribution in [3.63, 3.8) is 0 Å². The van der Waals surface area contributed by atoms with Gasteiger partial charge in [-0.25, -0.2) is 0 Å². The van der Waals surface area contributed by atoms with Gasteiger partial charge >= 0.3 is 0 Å². The van der Waals surface area contributed by atoms with E-state index in [9.17, 15) is 0 Å². The van der Waals surface area contributed by atoms with E-state index >= 15 is 0 Å². The van der Waals surface area contributed by atoms with Crippen molar-refractivity contribution in [1.29, 1.82) is 0 Å². The number of benzene rings is 11. The number of hydrogen-bond acceptors (Lipinski definition) is 1. The Morgan fingerprint density at radius 3 is 1.46 bits per heavy atom. The van der Waals surface area contributed by atoms with Gasteiger partial charge in [-0.2, -0.15) is 0 Å². The van der Waals surface area contributed by atoms with Gasteiger partial charge in [-0.1, -0.05) is 206 Å². The van der Waals surface area contributed by atoms with Crippen molar-refractivity contribution in [2.45, 2.75) is 10.8 Å². The first-order valence-electron chi connectivity index (χ1n) is 23.8. The summed E-state index contributed by atoms with van der Waals surface area (Å²) in [7, 11) is 0. The van der Waals surface area contributed by atoms with Crippen molar-refractivity contribution in [2.24, 2.45) is 0 Å². The van der Waals surface area contributed by atoms with Crippen LogP contribution in [0, 0.1) is 0 Å². The second kappa shape index (κ2) is 13.9. The molecule has 0 bridgehead atoms. The van der Waals surface area contributed by atoms with E-state index in [1.54, 1.807) is 0 Å². The van der Waals surface area contributed by atoms with Crippen LogP contribution in [-0.2, 0) is 10.8 Å². The molecule has 0 amide bonds. The number of rotatable bonds is 4. The van der Waals surface area contributed by atoms with Crippen LogP contribution in [0.2, 0.25) is 0 Å². The van der Waals surface area contributed by atoms with Gasteiger partial charge in [0, 0.05) is 33.4 Å². The summed E-state index contributed by atoms with van der Waals surface area (Å²) >= 11 is 0. The van der Waals surface area contributed by atoms with Crippen molar-refractivity contribution in [2.75, 3.05) is 4.90 Å². The molecule has 0 radical (unpaired) electrons. The minimum atomic E-state index is -0.662. The summed E-state index contributed by atoms with van der Waals surface area (Å²) in [4.78, 5) is 2.56. The van der Waals surface area contributed by atoms with E-state index < -0.39 is 10.8 Å². The molecule has 0 fully saturated rings. The molecule has 12 aromatic rings.